The molecule has 0 aliphatic rings. The number of fused-ring (bicyclic) bond motifs is 1. The quantitative estimate of drug-likeness (QED) is 0.513. The predicted molar refractivity (Wildman–Crippen MR) is 101 cm³/mol. The number of rotatable bonds is 6. The van der Waals surface area contributed by atoms with Crippen LogP contribution in [-0.2, 0) is 12.3 Å². The second-order valence-electron chi connectivity index (χ2n) is 5.53. The zero-order valence-electron chi connectivity index (χ0n) is 13.7. The molecule has 0 aliphatic carbocycles. The minimum atomic E-state index is 0.0252. The van der Waals surface area contributed by atoms with Crippen molar-refractivity contribution in [3.63, 3.8) is 0 Å². The van der Waals surface area contributed by atoms with Crippen LogP contribution >= 0.6 is 23.4 Å². The van der Waals surface area contributed by atoms with E-state index in [0.717, 1.165) is 22.5 Å². The van der Waals surface area contributed by atoms with Gasteiger partial charge in [-0.25, -0.2) is 4.98 Å². The maximum atomic E-state index is 9.41. The van der Waals surface area contributed by atoms with Crippen LogP contribution in [0.1, 0.15) is 5.82 Å². The highest BCUT2D eigenvalue weighted by Gasteiger charge is 2.14. The molecule has 1 N–H and O–H groups in total. The van der Waals surface area contributed by atoms with Crippen LogP contribution in [0.5, 0.6) is 0 Å². The summed E-state index contributed by atoms with van der Waals surface area (Å²) < 4.78 is 3.67. The normalized spacial score (nSPS) is 11.3. The Morgan fingerprint density at radius 2 is 1.96 bits per heavy atom. The molecule has 0 aliphatic heterocycles. The third kappa shape index (κ3) is 3.31. The first kappa shape index (κ1) is 17.0. The highest BCUT2D eigenvalue weighted by Crippen LogP contribution is 2.26. The van der Waals surface area contributed by atoms with Gasteiger partial charge in [0.2, 0.25) is 5.16 Å². The molecule has 7 nitrogen and oxygen atoms in total. The molecule has 0 saturated heterocycles. The molecule has 0 fully saturated rings. The Kier molecular flexibility index (Phi) is 4.87. The number of thioether (sulfide) groups is 1. The second kappa shape index (κ2) is 7.45. The summed E-state index contributed by atoms with van der Waals surface area (Å²) in [7, 11) is 0. The summed E-state index contributed by atoms with van der Waals surface area (Å²) in [6, 6.07) is 15.3. The van der Waals surface area contributed by atoms with Crippen molar-refractivity contribution in [2.24, 2.45) is 0 Å². The van der Waals surface area contributed by atoms with Gasteiger partial charge in [-0.05, 0) is 40.8 Å². The first-order valence-electron chi connectivity index (χ1n) is 7.98. The Balaban J connectivity index is 1.63. The number of imidazole rings is 1. The monoisotopic (exact) mass is 386 g/mol. The smallest absolute Gasteiger partial charge is 0.214 e. The number of hydrogen-bond donors (Lipinski definition) is 1. The lowest BCUT2D eigenvalue weighted by atomic mass is 10.3. The third-order valence-electron chi connectivity index (χ3n) is 3.88. The number of hydrogen-bond acceptors (Lipinski definition) is 6. The van der Waals surface area contributed by atoms with E-state index in [1.54, 1.807) is 4.68 Å². The minimum absolute atomic E-state index is 0.0252. The van der Waals surface area contributed by atoms with Crippen molar-refractivity contribution in [1.82, 2.24) is 29.8 Å². The van der Waals surface area contributed by atoms with Gasteiger partial charge in [0.1, 0.15) is 5.82 Å². The first-order valence-corrected chi connectivity index (χ1v) is 9.35. The summed E-state index contributed by atoms with van der Waals surface area (Å²) >= 11 is 7.60. The lowest BCUT2D eigenvalue weighted by Crippen LogP contribution is -2.06. The van der Waals surface area contributed by atoms with E-state index in [0.29, 0.717) is 22.5 Å². The van der Waals surface area contributed by atoms with Crippen LogP contribution in [0.3, 0.4) is 0 Å². The van der Waals surface area contributed by atoms with Gasteiger partial charge in [0, 0.05) is 11.6 Å². The van der Waals surface area contributed by atoms with Crippen LogP contribution in [0, 0.1) is 0 Å². The van der Waals surface area contributed by atoms with Crippen molar-refractivity contribution in [2.45, 2.75) is 17.5 Å². The van der Waals surface area contributed by atoms with Crippen LogP contribution in [0.4, 0.5) is 0 Å². The molecule has 0 atom stereocenters. The standard InChI is InChI=1S/C17H15ClN6OS/c18-12-6-7-14-15(10-12)23(8-9-25)16(19-14)11-26-17-20-21-22-24(17)13-4-2-1-3-5-13/h1-7,10,25H,8-9,11H2. The lowest BCUT2D eigenvalue weighted by Gasteiger charge is -2.07. The average molecular weight is 387 g/mol. The zero-order valence-corrected chi connectivity index (χ0v) is 15.2. The minimum Gasteiger partial charge on any atom is -0.395 e. The van der Waals surface area contributed by atoms with Crippen LogP contribution in [0.2, 0.25) is 5.02 Å². The summed E-state index contributed by atoms with van der Waals surface area (Å²) in [6.07, 6.45) is 0. The van der Waals surface area contributed by atoms with Gasteiger partial charge in [0.15, 0.2) is 0 Å². The van der Waals surface area contributed by atoms with Gasteiger partial charge in [0.05, 0.1) is 29.1 Å². The number of benzene rings is 2. The van der Waals surface area contributed by atoms with Gasteiger partial charge in [-0.15, -0.1) is 5.10 Å². The van der Waals surface area contributed by atoms with Gasteiger partial charge >= 0.3 is 0 Å². The van der Waals surface area contributed by atoms with Gasteiger partial charge in [-0.3, -0.25) is 0 Å². The number of aromatic nitrogens is 6. The molecule has 0 radical (unpaired) electrons. The fourth-order valence-corrected chi connectivity index (χ4v) is 3.74. The molecule has 0 amide bonds. The zero-order chi connectivity index (χ0) is 17.9. The largest absolute Gasteiger partial charge is 0.395 e. The average Bonchev–Trinajstić information content (AvgIpc) is 3.26. The van der Waals surface area contributed by atoms with E-state index in [1.165, 1.54) is 11.8 Å². The van der Waals surface area contributed by atoms with Crippen LogP contribution < -0.4 is 0 Å². The van der Waals surface area contributed by atoms with Gasteiger partial charge in [-0.2, -0.15) is 4.68 Å². The van der Waals surface area contributed by atoms with Crippen molar-refractivity contribution in [3.05, 3.63) is 59.4 Å². The fourth-order valence-electron chi connectivity index (χ4n) is 2.73. The lowest BCUT2D eigenvalue weighted by molar-refractivity contribution is 0.276. The highest BCUT2D eigenvalue weighted by molar-refractivity contribution is 7.98. The molecule has 4 rings (SSSR count). The predicted octanol–water partition coefficient (Wildman–Crippen LogP) is 2.95. The molecular formula is C17H15ClN6OS. The third-order valence-corrected chi connectivity index (χ3v) is 5.04. The van der Waals surface area contributed by atoms with E-state index < -0.39 is 0 Å². The van der Waals surface area contributed by atoms with Gasteiger partial charge in [-0.1, -0.05) is 41.6 Å². The molecule has 2 aromatic heterocycles. The Morgan fingerprint density at radius 1 is 1.12 bits per heavy atom. The van der Waals surface area contributed by atoms with E-state index >= 15 is 0 Å². The summed E-state index contributed by atoms with van der Waals surface area (Å²) in [5.74, 6) is 1.41. The first-order chi connectivity index (χ1) is 12.8. The Bertz CT molecular complexity index is 1030. The SMILES string of the molecule is OCCn1c(CSc2nnnn2-c2ccccc2)nc2ccc(Cl)cc21. The van der Waals surface area contributed by atoms with Crippen LogP contribution in [0.25, 0.3) is 16.7 Å². The number of aliphatic hydroxyl groups excluding tert-OH is 1. The van der Waals surface area contributed by atoms with E-state index in [2.05, 4.69) is 20.5 Å². The molecule has 4 aromatic rings. The highest BCUT2D eigenvalue weighted by atomic mass is 35.5. The Labute approximate surface area is 158 Å². The molecule has 2 heterocycles. The number of aliphatic hydroxyl groups is 1. The number of nitrogens with zero attached hydrogens (tertiary/aromatic N) is 6. The topological polar surface area (TPSA) is 81.6 Å². The van der Waals surface area contributed by atoms with Crippen molar-refractivity contribution >= 4 is 34.4 Å². The number of tetrazole rings is 1. The molecule has 0 saturated carbocycles. The number of halogens is 1. The molecule has 0 spiro atoms. The summed E-state index contributed by atoms with van der Waals surface area (Å²) in [6.45, 7) is 0.480. The van der Waals surface area contributed by atoms with Crippen molar-refractivity contribution in [1.29, 1.82) is 0 Å². The van der Waals surface area contributed by atoms with Crippen LogP contribution in [-0.4, -0.2) is 41.5 Å². The summed E-state index contributed by atoms with van der Waals surface area (Å²) in [5.41, 5.74) is 2.65. The van der Waals surface area contributed by atoms with Crippen molar-refractivity contribution < 1.29 is 5.11 Å². The second-order valence-corrected chi connectivity index (χ2v) is 6.91. The molecule has 0 bridgehead atoms. The summed E-state index contributed by atoms with van der Waals surface area (Å²) in [5, 5.41) is 22.7. The fraction of sp³-hybridized carbons (Fsp3) is 0.176. The van der Waals surface area contributed by atoms with E-state index in [-0.39, 0.29) is 6.61 Å². The molecule has 9 heteroatoms. The maximum absolute atomic E-state index is 9.41. The van der Waals surface area contributed by atoms with Crippen molar-refractivity contribution in [2.75, 3.05) is 6.61 Å². The summed E-state index contributed by atoms with van der Waals surface area (Å²) in [4.78, 5) is 4.67. The Morgan fingerprint density at radius 3 is 2.77 bits per heavy atom. The van der Waals surface area contributed by atoms with Gasteiger partial charge in [0.25, 0.3) is 0 Å². The van der Waals surface area contributed by atoms with Crippen LogP contribution in [0.15, 0.2) is 53.7 Å². The molecule has 26 heavy (non-hydrogen) atoms. The Hall–Kier alpha value is -2.42. The molecule has 132 valence electrons. The van der Waals surface area contributed by atoms with E-state index in [9.17, 15) is 5.11 Å². The molecule has 0 unspecified atom stereocenters. The maximum Gasteiger partial charge on any atom is 0.214 e. The number of para-hydroxylation sites is 1. The molecular weight excluding hydrogens is 372 g/mol. The van der Waals surface area contributed by atoms with E-state index in [4.69, 9.17) is 11.6 Å². The molecule has 2 aromatic carbocycles. The van der Waals surface area contributed by atoms with Gasteiger partial charge < -0.3 is 9.67 Å². The van der Waals surface area contributed by atoms with Crippen molar-refractivity contribution in [3.8, 4) is 5.69 Å². The van der Waals surface area contributed by atoms with E-state index in [1.807, 2.05) is 53.1 Å².